The second-order valence-corrected chi connectivity index (χ2v) is 7.94. The summed E-state index contributed by atoms with van der Waals surface area (Å²) in [7, 11) is -3.28. The van der Waals surface area contributed by atoms with Crippen molar-refractivity contribution < 1.29 is 22.4 Å². The number of nitrogens with zero attached hydrogens (tertiary/aromatic N) is 1. The molecule has 1 aromatic carbocycles. The lowest BCUT2D eigenvalue weighted by Crippen LogP contribution is -2.43. The van der Waals surface area contributed by atoms with Gasteiger partial charge in [0.05, 0.1) is 11.2 Å². The van der Waals surface area contributed by atoms with E-state index in [9.17, 15) is 18.0 Å². The molecule has 1 aliphatic heterocycles. The van der Waals surface area contributed by atoms with Gasteiger partial charge in [0, 0.05) is 18.5 Å². The van der Waals surface area contributed by atoms with E-state index in [-0.39, 0.29) is 22.5 Å². The van der Waals surface area contributed by atoms with Crippen LogP contribution in [0.3, 0.4) is 0 Å². The number of carbonyl (C=O) groups excluding carboxylic acids is 2. The van der Waals surface area contributed by atoms with E-state index in [2.05, 4.69) is 5.32 Å². The maximum Gasteiger partial charge on any atom is 0.290 e. The van der Waals surface area contributed by atoms with Crippen molar-refractivity contribution >= 4 is 27.3 Å². The van der Waals surface area contributed by atoms with E-state index in [0.29, 0.717) is 18.7 Å². The van der Waals surface area contributed by atoms with Crippen LogP contribution in [0.2, 0.25) is 0 Å². The highest BCUT2D eigenvalue weighted by molar-refractivity contribution is 7.90. The van der Waals surface area contributed by atoms with E-state index in [0.717, 1.165) is 12.7 Å². The molecular formula is C17H18N2O5S. The van der Waals surface area contributed by atoms with Gasteiger partial charge in [-0.3, -0.25) is 9.59 Å². The first-order valence-corrected chi connectivity index (χ1v) is 9.71. The molecule has 0 saturated carbocycles. The van der Waals surface area contributed by atoms with Gasteiger partial charge < -0.3 is 14.6 Å². The van der Waals surface area contributed by atoms with Crippen LogP contribution in [0.4, 0.5) is 5.69 Å². The molecule has 1 atom stereocenters. The molecule has 8 heteroatoms. The molecule has 0 radical (unpaired) electrons. The van der Waals surface area contributed by atoms with Crippen LogP contribution in [0.15, 0.2) is 52.0 Å². The summed E-state index contributed by atoms with van der Waals surface area (Å²) >= 11 is 0. The van der Waals surface area contributed by atoms with E-state index >= 15 is 0 Å². The van der Waals surface area contributed by atoms with E-state index in [1.807, 2.05) is 0 Å². The zero-order chi connectivity index (χ0) is 18.0. The molecule has 1 aliphatic rings. The van der Waals surface area contributed by atoms with Crippen molar-refractivity contribution in [1.29, 1.82) is 0 Å². The van der Waals surface area contributed by atoms with Crippen LogP contribution < -0.4 is 5.32 Å². The number of rotatable bonds is 4. The number of likely N-dealkylation sites (tertiary alicyclic amines) is 1. The van der Waals surface area contributed by atoms with Crippen LogP contribution in [0, 0.1) is 0 Å². The van der Waals surface area contributed by atoms with Crippen molar-refractivity contribution in [3.8, 4) is 0 Å². The lowest BCUT2D eigenvalue weighted by molar-refractivity contribution is -0.119. The van der Waals surface area contributed by atoms with Crippen molar-refractivity contribution in [3.63, 3.8) is 0 Å². The summed E-state index contributed by atoms with van der Waals surface area (Å²) in [6.45, 7) is 0.491. The number of carbonyl (C=O) groups is 2. The number of hydrogen-bond donors (Lipinski definition) is 1. The molecule has 2 amide bonds. The zero-order valence-electron chi connectivity index (χ0n) is 13.6. The Bertz CT molecular complexity index is 872. The molecule has 1 fully saturated rings. The monoisotopic (exact) mass is 362 g/mol. The average molecular weight is 362 g/mol. The fourth-order valence-corrected chi connectivity index (χ4v) is 3.47. The zero-order valence-corrected chi connectivity index (χ0v) is 14.5. The molecule has 7 nitrogen and oxygen atoms in total. The fraction of sp³-hybridized carbons (Fsp3) is 0.294. The summed E-state index contributed by atoms with van der Waals surface area (Å²) in [6.07, 6.45) is 3.84. The number of furan rings is 1. The van der Waals surface area contributed by atoms with Crippen LogP contribution in [-0.2, 0) is 14.6 Å². The molecule has 0 bridgehead atoms. The third kappa shape index (κ3) is 3.74. The SMILES string of the molecule is CS(=O)(=O)c1ccc(NC(=O)C2CCCN2C(=O)c2ccco2)cc1. The second kappa shape index (κ2) is 6.72. The van der Waals surface area contributed by atoms with Crippen molar-refractivity contribution in [2.24, 2.45) is 0 Å². The second-order valence-electron chi connectivity index (χ2n) is 5.92. The molecule has 1 aromatic heterocycles. The molecule has 0 aliphatic carbocycles. The molecule has 25 heavy (non-hydrogen) atoms. The minimum absolute atomic E-state index is 0.181. The quantitative estimate of drug-likeness (QED) is 0.896. The third-order valence-electron chi connectivity index (χ3n) is 4.10. The Labute approximate surface area is 145 Å². The highest BCUT2D eigenvalue weighted by Gasteiger charge is 2.35. The predicted octanol–water partition coefficient (Wildman–Crippen LogP) is 1.93. The Balaban J connectivity index is 1.71. The standard InChI is InChI=1S/C17H18N2O5S/c1-25(22,23)13-8-6-12(7-9-13)18-16(20)14-4-2-10-19(14)17(21)15-5-3-11-24-15/h3,5-9,11,14H,2,4,10H2,1H3,(H,18,20). The van der Waals surface area contributed by atoms with Crippen molar-refractivity contribution in [1.82, 2.24) is 4.90 Å². The predicted molar refractivity (Wildman–Crippen MR) is 90.9 cm³/mol. The van der Waals surface area contributed by atoms with Gasteiger partial charge >= 0.3 is 0 Å². The van der Waals surface area contributed by atoms with Gasteiger partial charge in [0.25, 0.3) is 5.91 Å². The minimum atomic E-state index is -3.28. The average Bonchev–Trinajstić information content (AvgIpc) is 3.25. The lowest BCUT2D eigenvalue weighted by Gasteiger charge is -2.23. The largest absolute Gasteiger partial charge is 0.459 e. The molecule has 3 rings (SSSR count). The lowest BCUT2D eigenvalue weighted by atomic mass is 10.2. The Kier molecular flexibility index (Phi) is 4.63. The third-order valence-corrected chi connectivity index (χ3v) is 5.23. The fourth-order valence-electron chi connectivity index (χ4n) is 2.84. The van der Waals surface area contributed by atoms with Gasteiger partial charge in [-0.2, -0.15) is 0 Å². The highest BCUT2D eigenvalue weighted by Crippen LogP contribution is 2.22. The molecule has 0 spiro atoms. The number of sulfone groups is 1. The van der Waals surface area contributed by atoms with Gasteiger partial charge in [0.2, 0.25) is 5.91 Å². The Morgan fingerprint density at radius 1 is 1.20 bits per heavy atom. The molecule has 132 valence electrons. The topological polar surface area (TPSA) is 96.7 Å². The van der Waals surface area contributed by atoms with E-state index < -0.39 is 15.9 Å². The van der Waals surface area contributed by atoms with Crippen LogP contribution >= 0.6 is 0 Å². The van der Waals surface area contributed by atoms with Gasteiger partial charge in [-0.25, -0.2) is 8.42 Å². The highest BCUT2D eigenvalue weighted by atomic mass is 32.2. The summed E-state index contributed by atoms with van der Waals surface area (Å²) < 4.78 is 28.1. The van der Waals surface area contributed by atoms with Crippen molar-refractivity contribution in [2.75, 3.05) is 18.1 Å². The Morgan fingerprint density at radius 2 is 1.92 bits per heavy atom. The summed E-state index contributed by atoms with van der Waals surface area (Å²) in [5.41, 5.74) is 0.481. The molecule has 1 saturated heterocycles. The number of anilines is 1. The van der Waals surface area contributed by atoms with Gasteiger partial charge in [0.15, 0.2) is 15.6 Å². The first kappa shape index (κ1) is 17.2. The summed E-state index contributed by atoms with van der Waals surface area (Å²) in [6, 6.07) is 8.55. The molecule has 1 unspecified atom stereocenters. The van der Waals surface area contributed by atoms with Crippen LogP contribution in [0.1, 0.15) is 23.4 Å². The maximum atomic E-state index is 12.5. The van der Waals surface area contributed by atoms with Gasteiger partial charge in [-0.1, -0.05) is 0 Å². The van der Waals surface area contributed by atoms with Crippen LogP contribution in [0.25, 0.3) is 0 Å². The first-order valence-electron chi connectivity index (χ1n) is 7.82. The number of hydrogen-bond acceptors (Lipinski definition) is 5. The van der Waals surface area contributed by atoms with Crippen LogP contribution in [0.5, 0.6) is 0 Å². The summed E-state index contributed by atoms with van der Waals surface area (Å²) in [4.78, 5) is 26.6. The van der Waals surface area contributed by atoms with Crippen LogP contribution in [-0.4, -0.2) is 44.0 Å². The molecular weight excluding hydrogens is 344 g/mol. The summed E-state index contributed by atoms with van der Waals surface area (Å²) in [5, 5.41) is 2.73. The van der Waals surface area contributed by atoms with Gasteiger partial charge in [0.1, 0.15) is 6.04 Å². The molecule has 2 heterocycles. The van der Waals surface area contributed by atoms with Crippen molar-refractivity contribution in [2.45, 2.75) is 23.8 Å². The normalized spacial score (nSPS) is 17.5. The minimum Gasteiger partial charge on any atom is -0.459 e. The van der Waals surface area contributed by atoms with Gasteiger partial charge in [-0.15, -0.1) is 0 Å². The van der Waals surface area contributed by atoms with Gasteiger partial charge in [-0.05, 0) is 49.2 Å². The van der Waals surface area contributed by atoms with E-state index in [1.165, 1.54) is 35.4 Å². The van der Waals surface area contributed by atoms with Crippen molar-refractivity contribution in [3.05, 3.63) is 48.4 Å². The number of nitrogens with one attached hydrogen (secondary N) is 1. The number of benzene rings is 1. The number of amides is 2. The Morgan fingerprint density at radius 3 is 2.52 bits per heavy atom. The van der Waals surface area contributed by atoms with E-state index in [4.69, 9.17) is 4.42 Å². The maximum absolute atomic E-state index is 12.5. The Hall–Kier alpha value is -2.61. The molecule has 1 N–H and O–H groups in total. The smallest absolute Gasteiger partial charge is 0.290 e. The van der Waals surface area contributed by atoms with E-state index in [1.54, 1.807) is 12.1 Å². The molecule has 2 aromatic rings. The summed E-state index contributed by atoms with van der Waals surface area (Å²) in [5.74, 6) is -0.406. The first-order chi connectivity index (χ1) is 11.9.